The molecule has 4 heteroatoms. The average Bonchev–Trinajstić information content (AvgIpc) is 2.77. The van der Waals surface area contributed by atoms with Crippen molar-refractivity contribution in [1.82, 2.24) is 4.57 Å². The highest BCUT2D eigenvalue weighted by atomic mass is 79.9. The predicted octanol–water partition coefficient (Wildman–Crippen LogP) is 5.35. The molecule has 2 aromatic carbocycles. The highest BCUT2D eigenvalue weighted by molar-refractivity contribution is 9.10. The van der Waals surface area contributed by atoms with Gasteiger partial charge in [-0.15, -0.1) is 0 Å². The molecule has 3 rings (SSSR count). The van der Waals surface area contributed by atoms with Crippen LogP contribution >= 0.6 is 31.9 Å². The van der Waals surface area contributed by atoms with Crippen molar-refractivity contribution in [2.45, 2.75) is 6.54 Å². The van der Waals surface area contributed by atoms with E-state index < -0.39 is 0 Å². The lowest BCUT2D eigenvalue weighted by atomic mass is 10.2. The molecule has 0 fully saturated rings. The van der Waals surface area contributed by atoms with E-state index in [0.29, 0.717) is 12.1 Å². The van der Waals surface area contributed by atoms with Crippen LogP contribution in [-0.4, -0.2) is 4.57 Å². The Bertz CT molecular complexity index is 749. The van der Waals surface area contributed by atoms with E-state index >= 15 is 0 Å². The van der Waals surface area contributed by atoms with Gasteiger partial charge in [-0.1, -0.05) is 37.9 Å². The first kappa shape index (κ1) is 12.9. The van der Waals surface area contributed by atoms with Gasteiger partial charge in [0.2, 0.25) is 0 Å². The van der Waals surface area contributed by atoms with Crippen molar-refractivity contribution in [2.24, 2.45) is 0 Å². The van der Waals surface area contributed by atoms with Crippen LogP contribution in [0.4, 0.5) is 4.39 Å². The van der Waals surface area contributed by atoms with Gasteiger partial charge in [0.25, 0.3) is 0 Å². The van der Waals surface area contributed by atoms with Crippen LogP contribution in [0.3, 0.4) is 0 Å². The van der Waals surface area contributed by atoms with Crippen LogP contribution in [0.1, 0.15) is 5.56 Å². The van der Waals surface area contributed by atoms with Gasteiger partial charge in [-0.25, -0.2) is 4.39 Å². The summed E-state index contributed by atoms with van der Waals surface area (Å²) in [6.07, 6.45) is 1.98. The maximum atomic E-state index is 13.8. The second-order valence-corrected chi connectivity index (χ2v) is 6.21. The van der Waals surface area contributed by atoms with E-state index in [-0.39, 0.29) is 5.82 Å². The van der Waals surface area contributed by atoms with Crippen LogP contribution in [0.15, 0.2) is 57.6 Å². The van der Waals surface area contributed by atoms with E-state index in [0.717, 1.165) is 19.8 Å². The van der Waals surface area contributed by atoms with Crippen molar-refractivity contribution >= 4 is 42.8 Å². The Balaban J connectivity index is 2.05. The van der Waals surface area contributed by atoms with Gasteiger partial charge in [-0.05, 0) is 41.8 Å². The number of benzene rings is 2. The normalized spacial score (nSPS) is 11.1. The molecule has 0 amide bonds. The lowest BCUT2D eigenvalue weighted by Crippen LogP contribution is -2.00. The highest BCUT2D eigenvalue weighted by Gasteiger charge is 2.06. The van der Waals surface area contributed by atoms with E-state index in [1.165, 1.54) is 6.07 Å². The van der Waals surface area contributed by atoms with Gasteiger partial charge in [-0.3, -0.25) is 0 Å². The van der Waals surface area contributed by atoms with Crippen molar-refractivity contribution in [3.8, 4) is 0 Å². The Hall–Kier alpha value is -1.13. The van der Waals surface area contributed by atoms with Crippen LogP contribution in [-0.2, 0) is 6.54 Å². The maximum Gasteiger partial charge on any atom is 0.128 e. The number of nitrogens with zero attached hydrogens (tertiary/aromatic N) is 1. The minimum Gasteiger partial charge on any atom is -0.343 e. The van der Waals surface area contributed by atoms with Crippen molar-refractivity contribution in [1.29, 1.82) is 0 Å². The highest BCUT2D eigenvalue weighted by Crippen LogP contribution is 2.23. The molecule has 19 heavy (non-hydrogen) atoms. The summed E-state index contributed by atoms with van der Waals surface area (Å²) in [7, 11) is 0. The van der Waals surface area contributed by atoms with Crippen LogP contribution in [0.5, 0.6) is 0 Å². The van der Waals surface area contributed by atoms with E-state index in [9.17, 15) is 4.39 Å². The summed E-state index contributed by atoms with van der Waals surface area (Å²) in [5.74, 6) is -0.181. The fourth-order valence-electron chi connectivity index (χ4n) is 2.14. The van der Waals surface area contributed by atoms with Crippen molar-refractivity contribution in [3.05, 3.63) is 69.0 Å². The monoisotopic (exact) mass is 381 g/mol. The molecule has 0 aliphatic heterocycles. The van der Waals surface area contributed by atoms with Gasteiger partial charge in [0.15, 0.2) is 0 Å². The molecule has 96 valence electrons. The SMILES string of the molecule is Fc1ccc(Br)cc1Cn1ccc2ccc(Br)cc21. The van der Waals surface area contributed by atoms with Gasteiger partial charge in [0, 0.05) is 26.2 Å². The molecule has 1 heterocycles. The summed E-state index contributed by atoms with van der Waals surface area (Å²) in [5, 5.41) is 1.15. The number of hydrogen-bond donors (Lipinski definition) is 0. The second-order valence-electron chi connectivity index (χ2n) is 4.38. The lowest BCUT2D eigenvalue weighted by molar-refractivity contribution is 0.601. The Kier molecular flexibility index (Phi) is 3.46. The Morgan fingerprint density at radius 3 is 2.53 bits per heavy atom. The van der Waals surface area contributed by atoms with Crippen LogP contribution < -0.4 is 0 Å². The van der Waals surface area contributed by atoms with Crippen molar-refractivity contribution in [3.63, 3.8) is 0 Å². The number of hydrogen-bond acceptors (Lipinski definition) is 0. The largest absolute Gasteiger partial charge is 0.343 e. The fraction of sp³-hybridized carbons (Fsp3) is 0.0667. The Morgan fingerprint density at radius 1 is 0.947 bits per heavy atom. The average molecular weight is 383 g/mol. The number of rotatable bonds is 2. The van der Waals surface area contributed by atoms with E-state index in [1.54, 1.807) is 6.07 Å². The smallest absolute Gasteiger partial charge is 0.128 e. The number of halogens is 3. The molecule has 0 saturated carbocycles. The topological polar surface area (TPSA) is 4.93 Å². The summed E-state index contributed by atoms with van der Waals surface area (Å²) < 4.78 is 17.8. The maximum absolute atomic E-state index is 13.8. The van der Waals surface area contributed by atoms with Gasteiger partial charge in [-0.2, -0.15) is 0 Å². The fourth-order valence-corrected chi connectivity index (χ4v) is 2.90. The molecule has 3 aromatic rings. The molecule has 0 aliphatic rings. The molecule has 0 spiro atoms. The first-order valence-corrected chi connectivity index (χ1v) is 7.40. The van der Waals surface area contributed by atoms with Crippen molar-refractivity contribution in [2.75, 3.05) is 0 Å². The first-order chi connectivity index (χ1) is 9.13. The van der Waals surface area contributed by atoms with Crippen LogP contribution in [0.25, 0.3) is 10.9 Å². The van der Waals surface area contributed by atoms with E-state index in [1.807, 2.05) is 41.1 Å². The van der Waals surface area contributed by atoms with Crippen LogP contribution in [0.2, 0.25) is 0 Å². The van der Waals surface area contributed by atoms with Crippen molar-refractivity contribution < 1.29 is 4.39 Å². The van der Waals surface area contributed by atoms with E-state index in [4.69, 9.17) is 0 Å². The molecule has 0 bridgehead atoms. The summed E-state index contributed by atoms with van der Waals surface area (Å²) in [6, 6.07) is 13.2. The van der Waals surface area contributed by atoms with Gasteiger partial charge in [0.1, 0.15) is 5.82 Å². The predicted molar refractivity (Wildman–Crippen MR) is 82.8 cm³/mol. The molecule has 0 unspecified atom stereocenters. The third-order valence-electron chi connectivity index (χ3n) is 3.08. The van der Waals surface area contributed by atoms with E-state index in [2.05, 4.69) is 31.9 Å². The summed E-state index contributed by atoms with van der Waals surface area (Å²) in [5.41, 5.74) is 1.76. The molecule has 1 aromatic heterocycles. The van der Waals surface area contributed by atoms with Gasteiger partial charge < -0.3 is 4.57 Å². The summed E-state index contributed by atoms with van der Waals surface area (Å²) in [4.78, 5) is 0. The third kappa shape index (κ3) is 2.60. The first-order valence-electron chi connectivity index (χ1n) is 5.82. The molecule has 1 nitrogen and oxygen atoms in total. The zero-order chi connectivity index (χ0) is 13.4. The van der Waals surface area contributed by atoms with Gasteiger partial charge >= 0.3 is 0 Å². The van der Waals surface area contributed by atoms with Gasteiger partial charge in [0.05, 0.1) is 6.54 Å². The molecule has 0 saturated heterocycles. The molecular formula is C15H10Br2FN. The van der Waals surface area contributed by atoms with Crippen LogP contribution in [0, 0.1) is 5.82 Å². The second kappa shape index (κ2) is 5.10. The summed E-state index contributed by atoms with van der Waals surface area (Å²) >= 11 is 6.85. The minimum absolute atomic E-state index is 0.181. The Morgan fingerprint density at radius 2 is 1.68 bits per heavy atom. The number of aromatic nitrogens is 1. The lowest BCUT2D eigenvalue weighted by Gasteiger charge is -2.08. The zero-order valence-electron chi connectivity index (χ0n) is 9.91. The molecule has 0 N–H and O–H groups in total. The quantitative estimate of drug-likeness (QED) is 0.562. The third-order valence-corrected chi connectivity index (χ3v) is 4.07. The minimum atomic E-state index is -0.181. The number of fused-ring (bicyclic) bond motifs is 1. The molecule has 0 aliphatic carbocycles. The molecule has 0 radical (unpaired) electrons. The standard InChI is InChI=1S/C15H10Br2FN/c16-12-3-4-14(18)11(7-12)9-19-6-5-10-1-2-13(17)8-15(10)19/h1-8H,9H2. The Labute approximate surface area is 127 Å². The summed E-state index contributed by atoms with van der Waals surface area (Å²) in [6.45, 7) is 0.519. The molecule has 0 atom stereocenters. The zero-order valence-corrected chi connectivity index (χ0v) is 13.1. The molecular weight excluding hydrogens is 373 g/mol.